The third-order valence-corrected chi connectivity index (χ3v) is 2.85. The molecule has 0 aliphatic rings. The normalized spacial score (nSPS) is 10.5. The molecule has 5 nitrogen and oxygen atoms in total. The lowest BCUT2D eigenvalue weighted by atomic mass is 10.1. The number of aromatic nitrogens is 1. The molecule has 0 aliphatic carbocycles. The van der Waals surface area contributed by atoms with Gasteiger partial charge < -0.3 is 10.3 Å². The van der Waals surface area contributed by atoms with Gasteiger partial charge in [0, 0.05) is 23.5 Å². The highest BCUT2D eigenvalue weighted by molar-refractivity contribution is 5.40. The predicted octanol–water partition coefficient (Wildman–Crippen LogP) is 1.95. The first-order valence-corrected chi connectivity index (χ1v) is 5.78. The third kappa shape index (κ3) is 2.57. The lowest BCUT2D eigenvalue weighted by molar-refractivity contribution is -0.385. The minimum absolute atomic E-state index is 0.157. The number of nitro groups is 1. The zero-order valence-electron chi connectivity index (χ0n) is 9.95. The Morgan fingerprint density at radius 2 is 2.00 bits per heavy atom. The van der Waals surface area contributed by atoms with Gasteiger partial charge in [-0.15, -0.1) is 0 Å². The lowest BCUT2D eigenvalue weighted by Crippen LogP contribution is -2.10. The Balaban J connectivity index is 2.28. The molecular weight excluding hydrogens is 230 g/mol. The van der Waals surface area contributed by atoms with Crippen LogP contribution in [0.3, 0.4) is 0 Å². The van der Waals surface area contributed by atoms with Crippen molar-refractivity contribution in [2.75, 3.05) is 6.54 Å². The fourth-order valence-electron chi connectivity index (χ4n) is 1.98. The first kappa shape index (κ1) is 12.3. The smallest absolute Gasteiger partial charge is 0.274 e. The fourth-order valence-corrected chi connectivity index (χ4v) is 1.98. The highest BCUT2D eigenvalue weighted by Gasteiger charge is 2.13. The first-order valence-electron chi connectivity index (χ1n) is 5.78. The van der Waals surface area contributed by atoms with Crippen LogP contribution in [0, 0.1) is 10.1 Å². The van der Waals surface area contributed by atoms with Gasteiger partial charge in [0.2, 0.25) is 0 Å². The van der Waals surface area contributed by atoms with E-state index in [1.165, 1.54) is 6.07 Å². The molecule has 0 bridgehead atoms. The molecule has 1 aromatic heterocycles. The zero-order valence-corrected chi connectivity index (χ0v) is 9.95. The number of nitrogens with zero attached hydrogens (tertiary/aromatic N) is 2. The minimum atomic E-state index is -0.346. The van der Waals surface area contributed by atoms with Crippen LogP contribution in [-0.2, 0) is 13.0 Å². The molecule has 2 N–H and O–H groups in total. The monoisotopic (exact) mass is 245 g/mol. The van der Waals surface area contributed by atoms with Gasteiger partial charge in [-0.3, -0.25) is 10.1 Å². The van der Waals surface area contributed by atoms with Crippen LogP contribution in [0.1, 0.15) is 11.3 Å². The van der Waals surface area contributed by atoms with Crippen LogP contribution in [0.4, 0.5) is 5.69 Å². The van der Waals surface area contributed by atoms with Crippen molar-refractivity contribution in [1.29, 1.82) is 0 Å². The fraction of sp³-hybridized carbons (Fsp3) is 0.231. The van der Waals surface area contributed by atoms with Gasteiger partial charge in [-0.25, -0.2) is 0 Å². The zero-order chi connectivity index (χ0) is 13.0. The number of hydrogen-bond donors (Lipinski definition) is 1. The number of rotatable bonds is 5. The first-order chi connectivity index (χ1) is 8.72. The van der Waals surface area contributed by atoms with Gasteiger partial charge in [0.1, 0.15) is 0 Å². The molecule has 0 saturated heterocycles. The maximum atomic E-state index is 10.9. The molecule has 0 amide bonds. The van der Waals surface area contributed by atoms with Crippen molar-refractivity contribution in [3.05, 3.63) is 64.0 Å². The molecule has 0 saturated carbocycles. The van der Waals surface area contributed by atoms with Crippen molar-refractivity contribution >= 4 is 5.69 Å². The van der Waals surface area contributed by atoms with Crippen LogP contribution in [0.15, 0.2) is 42.6 Å². The largest absolute Gasteiger partial charge is 0.347 e. The quantitative estimate of drug-likeness (QED) is 0.646. The van der Waals surface area contributed by atoms with Gasteiger partial charge in [-0.05, 0) is 25.1 Å². The molecule has 94 valence electrons. The van der Waals surface area contributed by atoms with E-state index >= 15 is 0 Å². The van der Waals surface area contributed by atoms with E-state index in [0.717, 1.165) is 12.1 Å². The van der Waals surface area contributed by atoms with Gasteiger partial charge in [-0.1, -0.05) is 18.2 Å². The Morgan fingerprint density at radius 3 is 2.72 bits per heavy atom. The van der Waals surface area contributed by atoms with Gasteiger partial charge in [-0.2, -0.15) is 0 Å². The van der Waals surface area contributed by atoms with E-state index in [-0.39, 0.29) is 10.6 Å². The molecule has 0 unspecified atom stereocenters. The SMILES string of the molecule is NCCc1cccn1Cc1ccccc1[N+](=O)[O-]. The summed E-state index contributed by atoms with van der Waals surface area (Å²) in [5, 5.41) is 10.9. The van der Waals surface area contributed by atoms with Crippen molar-refractivity contribution in [2.24, 2.45) is 5.73 Å². The summed E-state index contributed by atoms with van der Waals surface area (Å²) in [6.45, 7) is 1.07. The van der Waals surface area contributed by atoms with Gasteiger partial charge in [0.25, 0.3) is 5.69 Å². The molecule has 1 heterocycles. The van der Waals surface area contributed by atoms with E-state index in [1.807, 2.05) is 29.0 Å². The molecule has 1 aromatic carbocycles. The van der Waals surface area contributed by atoms with Crippen molar-refractivity contribution in [3.63, 3.8) is 0 Å². The summed E-state index contributed by atoms with van der Waals surface area (Å²) in [6.07, 6.45) is 2.69. The van der Waals surface area contributed by atoms with E-state index < -0.39 is 0 Å². The van der Waals surface area contributed by atoms with Crippen LogP contribution < -0.4 is 5.73 Å². The van der Waals surface area contributed by atoms with Crippen molar-refractivity contribution in [2.45, 2.75) is 13.0 Å². The van der Waals surface area contributed by atoms with Crippen molar-refractivity contribution in [3.8, 4) is 0 Å². The van der Waals surface area contributed by atoms with Crippen molar-refractivity contribution in [1.82, 2.24) is 4.57 Å². The molecule has 2 aromatic rings. The molecular formula is C13H15N3O2. The molecule has 2 rings (SSSR count). The second kappa shape index (κ2) is 5.46. The summed E-state index contributed by atoms with van der Waals surface area (Å²) in [6, 6.07) is 10.7. The standard InChI is InChI=1S/C13H15N3O2/c14-8-7-12-5-3-9-15(12)10-11-4-1-2-6-13(11)16(17)18/h1-6,9H,7-8,10,14H2. The average molecular weight is 245 g/mol. The average Bonchev–Trinajstić information content (AvgIpc) is 2.78. The van der Waals surface area contributed by atoms with Gasteiger partial charge in [0.15, 0.2) is 0 Å². The molecule has 0 atom stereocenters. The summed E-state index contributed by atoms with van der Waals surface area (Å²) >= 11 is 0. The topological polar surface area (TPSA) is 74.1 Å². The number of para-hydroxylation sites is 1. The van der Waals surface area contributed by atoms with Gasteiger partial charge in [0.05, 0.1) is 11.5 Å². The van der Waals surface area contributed by atoms with Crippen molar-refractivity contribution < 1.29 is 4.92 Å². The maximum absolute atomic E-state index is 10.9. The Morgan fingerprint density at radius 1 is 1.22 bits per heavy atom. The summed E-state index contributed by atoms with van der Waals surface area (Å²) < 4.78 is 2.00. The molecule has 18 heavy (non-hydrogen) atoms. The lowest BCUT2D eigenvalue weighted by Gasteiger charge is -2.09. The van der Waals surface area contributed by atoms with Gasteiger partial charge >= 0.3 is 0 Å². The summed E-state index contributed by atoms with van der Waals surface area (Å²) in [4.78, 5) is 10.6. The Bertz CT molecular complexity index is 549. The minimum Gasteiger partial charge on any atom is -0.347 e. The highest BCUT2D eigenvalue weighted by atomic mass is 16.6. The summed E-state index contributed by atoms with van der Waals surface area (Å²) in [5.74, 6) is 0. The molecule has 0 radical (unpaired) electrons. The van der Waals surface area contributed by atoms with E-state index in [2.05, 4.69) is 0 Å². The highest BCUT2D eigenvalue weighted by Crippen LogP contribution is 2.19. The number of benzene rings is 1. The summed E-state index contributed by atoms with van der Waals surface area (Å²) in [7, 11) is 0. The van der Waals surface area contributed by atoms with E-state index in [9.17, 15) is 10.1 Å². The molecule has 0 fully saturated rings. The molecule has 0 aliphatic heterocycles. The van der Waals surface area contributed by atoms with E-state index in [0.29, 0.717) is 18.7 Å². The Kier molecular flexibility index (Phi) is 3.74. The number of hydrogen-bond acceptors (Lipinski definition) is 3. The molecule has 0 spiro atoms. The second-order valence-electron chi connectivity index (χ2n) is 4.05. The summed E-state index contributed by atoms with van der Waals surface area (Å²) in [5.41, 5.74) is 7.49. The Hall–Kier alpha value is -2.14. The van der Waals surface area contributed by atoms with Crippen LogP contribution >= 0.6 is 0 Å². The van der Waals surface area contributed by atoms with E-state index in [1.54, 1.807) is 12.1 Å². The maximum Gasteiger partial charge on any atom is 0.274 e. The van der Waals surface area contributed by atoms with Crippen LogP contribution in [-0.4, -0.2) is 16.0 Å². The second-order valence-corrected chi connectivity index (χ2v) is 4.05. The number of nitrogens with two attached hydrogens (primary N) is 1. The third-order valence-electron chi connectivity index (χ3n) is 2.85. The Labute approximate surface area is 105 Å². The van der Waals surface area contributed by atoms with Crippen LogP contribution in [0.5, 0.6) is 0 Å². The number of nitro benzene ring substituents is 1. The van der Waals surface area contributed by atoms with Crippen LogP contribution in [0.2, 0.25) is 0 Å². The van der Waals surface area contributed by atoms with E-state index in [4.69, 9.17) is 5.73 Å². The predicted molar refractivity (Wildman–Crippen MR) is 69.4 cm³/mol. The van der Waals surface area contributed by atoms with Crippen LogP contribution in [0.25, 0.3) is 0 Å². The molecule has 5 heteroatoms.